The topological polar surface area (TPSA) is 73.5 Å². The van der Waals surface area contributed by atoms with E-state index in [-0.39, 0.29) is 11.8 Å². The number of amides is 1. The average Bonchev–Trinajstić information content (AvgIpc) is 3.12. The maximum atomic E-state index is 12.6. The van der Waals surface area contributed by atoms with Gasteiger partial charge in [-0.3, -0.25) is 9.69 Å². The second-order valence-electron chi connectivity index (χ2n) is 7.61. The fourth-order valence-corrected chi connectivity index (χ4v) is 3.95. The molecule has 0 aliphatic carbocycles. The Labute approximate surface area is 160 Å². The summed E-state index contributed by atoms with van der Waals surface area (Å²) >= 11 is 0. The van der Waals surface area contributed by atoms with Crippen LogP contribution in [0.2, 0.25) is 0 Å². The number of aromatic amines is 1. The van der Waals surface area contributed by atoms with Crippen LogP contribution in [-0.4, -0.2) is 73.3 Å². The third-order valence-electron chi connectivity index (χ3n) is 5.55. The Bertz CT molecular complexity index is 784. The highest BCUT2D eigenvalue weighted by atomic mass is 16.5. The number of carbonyl (C=O) groups is 1. The van der Waals surface area contributed by atoms with Crippen LogP contribution >= 0.6 is 0 Å². The zero-order chi connectivity index (χ0) is 18.6. The zero-order valence-corrected chi connectivity index (χ0v) is 16.0. The van der Waals surface area contributed by atoms with Crippen LogP contribution in [0.25, 0.3) is 11.0 Å². The molecule has 2 fully saturated rings. The number of piperidine rings is 1. The van der Waals surface area contributed by atoms with Crippen LogP contribution in [-0.2, 0) is 9.53 Å². The number of hydrogen-bond acceptors (Lipinski definition) is 5. The van der Waals surface area contributed by atoms with Crippen LogP contribution < -0.4 is 10.2 Å². The molecule has 4 rings (SSSR count). The minimum atomic E-state index is 0.0263. The molecule has 1 aromatic carbocycles. The maximum Gasteiger partial charge on any atom is 0.224 e. The Kier molecular flexibility index (Phi) is 5.59. The van der Waals surface area contributed by atoms with E-state index in [1.165, 1.54) is 5.56 Å². The Balaban J connectivity index is 1.32. The summed E-state index contributed by atoms with van der Waals surface area (Å²) in [6.07, 6.45) is 1.96. The summed E-state index contributed by atoms with van der Waals surface area (Å²) in [5.74, 6) is 1.07. The summed E-state index contributed by atoms with van der Waals surface area (Å²) < 4.78 is 5.36. The lowest BCUT2D eigenvalue weighted by molar-refractivity contribution is -0.125. The van der Waals surface area contributed by atoms with E-state index in [4.69, 9.17) is 9.72 Å². The lowest BCUT2D eigenvalue weighted by atomic mass is 9.97. The number of aryl methyl sites for hydroxylation is 1. The lowest BCUT2D eigenvalue weighted by Gasteiger charge is -2.32. The summed E-state index contributed by atoms with van der Waals surface area (Å²) in [6, 6.07) is 6.24. The van der Waals surface area contributed by atoms with Gasteiger partial charge in [0, 0.05) is 39.3 Å². The molecule has 2 saturated heterocycles. The number of nitrogens with one attached hydrogen (secondary N) is 2. The van der Waals surface area contributed by atoms with E-state index in [1.54, 1.807) is 0 Å². The molecule has 146 valence electrons. The van der Waals surface area contributed by atoms with Crippen LogP contribution in [0, 0.1) is 12.8 Å². The van der Waals surface area contributed by atoms with Gasteiger partial charge < -0.3 is 19.9 Å². The molecule has 7 heteroatoms. The van der Waals surface area contributed by atoms with Gasteiger partial charge in [-0.25, -0.2) is 4.98 Å². The Morgan fingerprint density at radius 2 is 2.19 bits per heavy atom. The van der Waals surface area contributed by atoms with E-state index in [9.17, 15) is 4.79 Å². The summed E-state index contributed by atoms with van der Waals surface area (Å²) in [6.45, 7) is 8.85. The first-order chi connectivity index (χ1) is 13.2. The Morgan fingerprint density at radius 1 is 1.33 bits per heavy atom. The number of fused-ring (bicyclic) bond motifs is 1. The van der Waals surface area contributed by atoms with Crippen molar-refractivity contribution in [1.82, 2.24) is 20.2 Å². The predicted octanol–water partition coefficient (Wildman–Crippen LogP) is 1.54. The first-order valence-electron chi connectivity index (χ1n) is 9.98. The SMILES string of the molecule is Cc1ccc2nc(N3CCCC(C(=O)NCCN4CCOCC4)C3)[nH]c2c1. The van der Waals surface area contributed by atoms with Gasteiger partial charge in [-0.1, -0.05) is 6.07 Å². The number of H-pyrrole nitrogens is 1. The van der Waals surface area contributed by atoms with E-state index in [2.05, 4.69) is 39.2 Å². The Morgan fingerprint density at radius 3 is 3.04 bits per heavy atom. The number of rotatable bonds is 5. The lowest BCUT2D eigenvalue weighted by Crippen LogP contribution is -2.46. The van der Waals surface area contributed by atoms with Crippen molar-refractivity contribution in [2.24, 2.45) is 5.92 Å². The van der Waals surface area contributed by atoms with Crippen molar-refractivity contribution in [3.8, 4) is 0 Å². The molecular weight excluding hydrogens is 342 g/mol. The highest BCUT2D eigenvalue weighted by molar-refractivity contribution is 5.80. The van der Waals surface area contributed by atoms with Gasteiger partial charge in [-0.2, -0.15) is 0 Å². The minimum absolute atomic E-state index is 0.0263. The van der Waals surface area contributed by atoms with Gasteiger partial charge in [-0.15, -0.1) is 0 Å². The van der Waals surface area contributed by atoms with Gasteiger partial charge in [0.2, 0.25) is 11.9 Å². The third-order valence-corrected chi connectivity index (χ3v) is 5.55. The van der Waals surface area contributed by atoms with Crippen molar-refractivity contribution in [1.29, 1.82) is 0 Å². The Hall–Kier alpha value is -2.12. The van der Waals surface area contributed by atoms with E-state index in [0.717, 1.165) is 75.8 Å². The van der Waals surface area contributed by atoms with E-state index in [1.807, 2.05) is 6.07 Å². The number of ether oxygens (including phenoxy) is 1. The largest absolute Gasteiger partial charge is 0.379 e. The molecule has 1 aromatic heterocycles. The second-order valence-corrected chi connectivity index (χ2v) is 7.61. The molecule has 0 saturated carbocycles. The summed E-state index contributed by atoms with van der Waals surface area (Å²) in [7, 11) is 0. The van der Waals surface area contributed by atoms with Crippen molar-refractivity contribution < 1.29 is 9.53 Å². The molecule has 3 heterocycles. The van der Waals surface area contributed by atoms with Crippen LogP contribution in [0.4, 0.5) is 5.95 Å². The van der Waals surface area contributed by atoms with Crippen molar-refractivity contribution in [2.45, 2.75) is 19.8 Å². The molecule has 1 unspecified atom stereocenters. The molecule has 1 amide bonds. The van der Waals surface area contributed by atoms with Crippen molar-refractivity contribution in [3.05, 3.63) is 23.8 Å². The van der Waals surface area contributed by atoms with Gasteiger partial charge in [0.1, 0.15) is 0 Å². The second kappa shape index (κ2) is 8.27. The highest BCUT2D eigenvalue weighted by Gasteiger charge is 2.27. The van der Waals surface area contributed by atoms with Gasteiger partial charge >= 0.3 is 0 Å². The molecule has 1 atom stereocenters. The normalized spacial score (nSPS) is 21.5. The van der Waals surface area contributed by atoms with Crippen LogP contribution in [0.15, 0.2) is 18.2 Å². The van der Waals surface area contributed by atoms with E-state index < -0.39 is 0 Å². The smallest absolute Gasteiger partial charge is 0.224 e. The number of aromatic nitrogens is 2. The molecule has 2 aliphatic heterocycles. The van der Waals surface area contributed by atoms with Gasteiger partial charge in [0.05, 0.1) is 30.2 Å². The number of imidazole rings is 1. The van der Waals surface area contributed by atoms with Crippen molar-refractivity contribution >= 4 is 22.9 Å². The van der Waals surface area contributed by atoms with Crippen LogP contribution in [0.5, 0.6) is 0 Å². The number of morpholine rings is 1. The first kappa shape index (κ1) is 18.3. The first-order valence-corrected chi connectivity index (χ1v) is 9.98. The highest BCUT2D eigenvalue weighted by Crippen LogP contribution is 2.24. The van der Waals surface area contributed by atoms with Gasteiger partial charge in [0.15, 0.2) is 0 Å². The quantitative estimate of drug-likeness (QED) is 0.834. The fraction of sp³-hybridized carbons (Fsp3) is 0.600. The number of nitrogens with zero attached hydrogens (tertiary/aromatic N) is 3. The zero-order valence-electron chi connectivity index (χ0n) is 16.0. The number of carbonyl (C=O) groups excluding carboxylic acids is 1. The molecule has 0 bridgehead atoms. The molecule has 0 spiro atoms. The average molecular weight is 371 g/mol. The maximum absolute atomic E-state index is 12.6. The van der Waals surface area contributed by atoms with E-state index in [0.29, 0.717) is 6.54 Å². The molecule has 2 aromatic rings. The van der Waals surface area contributed by atoms with Crippen molar-refractivity contribution in [3.63, 3.8) is 0 Å². The van der Waals surface area contributed by atoms with Gasteiger partial charge in [0.25, 0.3) is 0 Å². The fourth-order valence-electron chi connectivity index (χ4n) is 3.95. The molecule has 7 nitrogen and oxygen atoms in total. The molecule has 2 N–H and O–H groups in total. The number of benzene rings is 1. The standard InChI is InChI=1S/C20H29N5O2/c1-15-4-5-17-18(13-15)23-20(22-17)25-7-2-3-16(14-25)19(26)21-6-8-24-9-11-27-12-10-24/h4-5,13,16H,2-3,6-12,14H2,1H3,(H,21,26)(H,22,23). The van der Waals surface area contributed by atoms with Gasteiger partial charge in [-0.05, 0) is 37.5 Å². The summed E-state index contributed by atoms with van der Waals surface area (Å²) in [4.78, 5) is 25.3. The van der Waals surface area contributed by atoms with Crippen LogP contribution in [0.3, 0.4) is 0 Å². The number of hydrogen-bond donors (Lipinski definition) is 2. The minimum Gasteiger partial charge on any atom is -0.379 e. The molecule has 2 aliphatic rings. The molecule has 27 heavy (non-hydrogen) atoms. The van der Waals surface area contributed by atoms with E-state index >= 15 is 0 Å². The number of anilines is 1. The summed E-state index contributed by atoms with van der Waals surface area (Å²) in [5.41, 5.74) is 3.25. The molecule has 0 radical (unpaired) electrons. The predicted molar refractivity (Wildman–Crippen MR) is 106 cm³/mol. The van der Waals surface area contributed by atoms with Crippen molar-refractivity contribution in [2.75, 3.05) is 57.4 Å². The molecular formula is C20H29N5O2. The third kappa shape index (κ3) is 4.42. The summed E-state index contributed by atoms with van der Waals surface area (Å²) in [5, 5.41) is 3.13. The van der Waals surface area contributed by atoms with Crippen LogP contribution in [0.1, 0.15) is 18.4 Å². The monoisotopic (exact) mass is 371 g/mol.